The van der Waals surface area contributed by atoms with E-state index in [1.165, 1.54) is 0 Å². The molecule has 0 aliphatic rings. The van der Waals surface area contributed by atoms with Gasteiger partial charge in [0.2, 0.25) is 11.8 Å². The van der Waals surface area contributed by atoms with Crippen molar-refractivity contribution in [3.8, 4) is 0 Å². The third-order valence-corrected chi connectivity index (χ3v) is 3.75. The molecule has 0 fully saturated rings. The van der Waals surface area contributed by atoms with E-state index in [9.17, 15) is 9.59 Å². The Bertz CT molecular complexity index is 619. The number of hydrogen-bond acceptors (Lipinski definition) is 3. The highest BCUT2D eigenvalue weighted by molar-refractivity contribution is 5.80. The number of rotatable bonds is 8. The summed E-state index contributed by atoms with van der Waals surface area (Å²) in [5.41, 5.74) is 7.43. The van der Waals surface area contributed by atoms with Crippen LogP contribution in [-0.4, -0.2) is 43.4 Å². The molecule has 0 heterocycles. The van der Waals surface area contributed by atoms with E-state index in [1.54, 1.807) is 11.9 Å². The van der Waals surface area contributed by atoms with Gasteiger partial charge in [0.15, 0.2) is 0 Å². The van der Waals surface area contributed by atoms with Crippen molar-refractivity contribution in [1.82, 2.24) is 10.2 Å². The number of nitrogens with one attached hydrogen (secondary N) is 1. The van der Waals surface area contributed by atoms with Gasteiger partial charge < -0.3 is 11.1 Å². The van der Waals surface area contributed by atoms with Gasteiger partial charge in [-0.15, -0.1) is 0 Å². The maximum atomic E-state index is 12.1. The van der Waals surface area contributed by atoms with Crippen LogP contribution in [0.1, 0.15) is 17.0 Å². The molecule has 0 saturated heterocycles. The maximum Gasteiger partial charge on any atom is 0.234 e. The molecule has 0 radical (unpaired) electrons. The topological polar surface area (TPSA) is 75.4 Å². The highest BCUT2D eigenvalue weighted by atomic mass is 16.2. The second-order valence-corrected chi connectivity index (χ2v) is 5.82. The maximum absolute atomic E-state index is 12.1. The minimum Gasteiger partial charge on any atom is -0.369 e. The van der Waals surface area contributed by atoms with Crippen molar-refractivity contribution in [3.05, 3.63) is 71.8 Å². The molecule has 5 heteroatoms. The quantitative estimate of drug-likeness (QED) is 0.769. The molecule has 0 bridgehead atoms. The van der Waals surface area contributed by atoms with E-state index in [-0.39, 0.29) is 24.9 Å². The molecule has 2 amide bonds. The number of likely N-dealkylation sites (N-methyl/N-ethyl adjacent to an activating group) is 1. The summed E-state index contributed by atoms with van der Waals surface area (Å²) in [6.45, 7) is 0.699. The van der Waals surface area contributed by atoms with E-state index >= 15 is 0 Å². The molecule has 126 valence electrons. The van der Waals surface area contributed by atoms with Gasteiger partial charge in [0.1, 0.15) is 0 Å². The first-order chi connectivity index (χ1) is 11.6. The predicted octanol–water partition coefficient (Wildman–Crippen LogP) is 1.35. The minimum atomic E-state index is -0.447. The Hall–Kier alpha value is -2.66. The van der Waals surface area contributed by atoms with Crippen molar-refractivity contribution < 1.29 is 9.59 Å². The van der Waals surface area contributed by atoms with Gasteiger partial charge in [0.05, 0.1) is 13.1 Å². The molecule has 5 nitrogen and oxygen atoms in total. The molecule has 0 aliphatic carbocycles. The Morgan fingerprint density at radius 2 is 1.46 bits per heavy atom. The molecule has 0 spiro atoms. The van der Waals surface area contributed by atoms with Crippen molar-refractivity contribution in [1.29, 1.82) is 0 Å². The van der Waals surface area contributed by atoms with Gasteiger partial charge in [-0.3, -0.25) is 14.5 Å². The van der Waals surface area contributed by atoms with Gasteiger partial charge in [-0.25, -0.2) is 0 Å². The second kappa shape index (κ2) is 8.84. The Labute approximate surface area is 142 Å². The lowest BCUT2D eigenvalue weighted by molar-refractivity contribution is -0.123. The summed E-state index contributed by atoms with van der Waals surface area (Å²) in [7, 11) is 1.69. The second-order valence-electron chi connectivity index (χ2n) is 5.82. The lowest BCUT2D eigenvalue weighted by atomic mass is 9.91. The van der Waals surface area contributed by atoms with Crippen LogP contribution >= 0.6 is 0 Å². The van der Waals surface area contributed by atoms with Crippen LogP contribution in [0.3, 0.4) is 0 Å². The van der Waals surface area contributed by atoms with E-state index in [2.05, 4.69) is 29.6 Å². The van der Waals surface area contributed by atoms with Gasteiger partial charge in [-0.1, -0.05) is 60.7 Å². The molecule has 3 N–H and O–H groups in total. The Balaban J connectivity index is 2.02. The number of nitrogens with two attached hydrogens (primary N) is 1. The lowest BCUT2D eigenvalue weighted by Crippen LogP contribution is -2.40. The van der Waals surface area contributed by atoms with Crippen LogP contribution in [0.4, 0.5) is 0 Å². The SMILES string of the molecule is CN(CC(N)=O)CC(=O)NCC(c1ccccc1)c1ccccc1. The van der Waals surface area contributed by atoms with Crippen LogP contribution < -0.4 is 11.1 Å². The first-order valence-corrected chi connectivity index (χ1v) is 7.89. The zero-order chi connectivity index (χ0) is 17.4. The average Bonchev–Trinajstić information content (AvgIpc) is 2.56. The van der Waals surface area contributed by atoms with E-state index in [0.29, 0.717) is 6.54 Å². The highest BCUT2D eigenvalue weighted by Crippen LogP contribution is 2.23. The first-order valence-electron chi connectivity index (χ1n) is 7.89. The van der Waals surface area contributed by atoms with Crippen molar-refractivity contribution >= 4 is 11.8 Å². The van der Waals surface area contributed by atoms with Crippen LogP contribution in [0, 0.1) is 0 Å². The van der Waals surface area contributed by atoms with Crippen molar-refractivity contribution in [2.24, 2.45) is 5.73 Å². The molecule has 0 unspecified atom stereocenters. The van der Waals surface area contributed by atoms with Crippen LogP contribution in [-0.2, 0) is 9.59 Å². The summed E-state index contributed by atoms with van der Waals surface area (Å²) in [5.74, 6) is -0.495. The smallest absolute Gasteiger partial charge is 0.234 e. The standard InChI is InChI=1S/C19H23N3O2/c1-22(13-18(20)23)14-19(24)21-12-17(15-8-4-2-5-9-15)16-10-6-3-7-11-16/h2-11,17H,12-14H2,1H3,(H2,20,23)(H,21,24). The van der Waals surface area contributed by atoms with Gasteiger partial charge >= 0.3 is 0 Å². The average molecular weight is 325 g/mol. The Morgan fingerprint density at radius 1 is 0.958 bits per heavy atom. The Morgan fingerprint density at radius 3 is 1.92 bits per heavy atom. The number of hydrogen-bond donors (Lipinski definition) is 2. The van der Waals surface area contributed by atoms with Crippen molar-refractivity contribution in [3.63, 3.8) is 0 Å². The number of amides is 2. The minimum absolute atomic E-state index is 0.0637. The molecule has 2 aromatic carbocycles. The Kier molecular flexibility index (Phi) is 6.51. The zero-order valence-electron chi connectivity index (χ0n) is 13.8. The van der Waals surface area contributed by atoms with Crippen LogP contribution in [0.5, 0.6) is 0 Å². The first kappa shape index (κ1) is 17.7. The van der Waals surface area contributed by atoms with Crippen molar-refractivity contribution in [2.75, 3.05) is 26.7 Å². The van der Waals surface area contributed by atoms with E-state index in [0.717, 1.165) is 11.1 Å². The summed E-state index contributed by atoms with van der Waals surface area (Å²) in [6, 6.07) is 20.2. The highest BCUT2D eigenvalue weighted by Gasteiger charge is 2.16. The molecule has 0 atom stereocenters. The molecule has 0 aliphatic heterocycles. The fourth-order valence-electron chi connectivity index (χ4n) is 2.64. The van der Waals surface area contributed by atoms with Gasteiger partial charge in [-0.2, -0.15) is 0 Å². The molecular weight excluding hydrogens is 302 g/mol. The number of benzene rings is 2. The van der Waals surface area contributed by atoms with Crippen LogP contribution in [0.2, 0.25) is 0 Å². The zero-order valence-corrected chi connectivity index (χ0v) is 13.8. The summed E-state index contributed by atoms with van der Waals surface area (Å²) in [6.07, 6.45) is 0. The summed E-state index contributed by atoms with van der Waals surface area (Å²) in [4.78, 5) is 24.6. The van der Waals surface area contributed by atoms with Gasteiger partial charge in [0.25, 0.3) is 0 Å². The lowest BCUT2D eigenvalue weighted by Gasteiger charge is -2.20. The summed E-state index contributed by atoms with van der Waals surface area (Å²) >= 11 is 0. The molecule has 2 rings (SSSR count). The number of carbonyl (C=O) groups excluding carboxylic acids is 2. The third kappa shape index (κ3) is 5.52. The molecular formula is C19H23N3O2. The largest absolute Gasteiger partial charge is 0.369 e. The molecule has 2 aromatic rings. The normalized spacial score (nSPS) is 10.8. The summed E-state index contributed by atoms with van der Waals surface area (Å²) < 4.78 is 0. The summed E-state index contributed by atoms with van der Waals surface area (Å²) in [5, 5.41) is 2.95. The third-order valence-electron chi connectivity index (χ3n) is 3.75. The molecule has 24 heavy (non-hydrogen) atoms. The van der Waals surface area contributed by atoms with Crippen LogP contribution in [0.15, 0.2) is 60.7 Å². The molecule has 0 saturated carbocycles. The molecule has 0 aromatic heterocycles. The fraction of sp³-hybridized carbons (Fsp3) is 0.263. The number of nitrogens with zero attached hydrogens (tertiary/aromatic N) is 1. The van der Waals surface area contributed by atoms with E-state index < -0.39 is 5.91 Å². The fourth-order valence-corrected chi connectivity index (χ4v) is 2.64. The number of primary amides is 1. The predicted molar refractivity (Wildman–Crippen MR) is 94.4 cm³/mol. The van der Waals surface area contributed by atoms with Gasteiger partial charge in [0, 0.05) is 12.5 Å². The van der Waals surface area contributed by atoms with Gasteiger partial charge in [-0.05, 0) is 18.2 Å². The van der Waals surface area contributed by atoms with Crippen molar-refractivity contribution in [2.45, 2.75) is 5.92 Å². The monoisotopic (exact) mass is 325 g/mol. The van der Waals surface area contributed by atoms with E-state index in [4.69, 9.17) is 5.73 Å². The number of carbonyl (C=O) groups is 2. The van der Waals surface area contributed by atoms with Crippen LogP contribution in [0.25, 0.3) is 0 Å². The van der Waals surface area contributed by atoms with E-state index in [1.807, 2.05) is 36.4 Å².